The minimum Gasteiger partial charge on any atom is -0.545 e. The number of carbonyl (C=O) groups excluding carboxylic acids is 1. The van der Waals surface area contributed by atoms with E-state index in [1.165, 1.54) is 12.1 Å². The number of hydrogen-bond acceptors (Lipinski definition) is 8. The fourth-order valence-corrected chi connectivity index (χ4v) is 5.42. The lowest BCUT2D eigenvalue weighted by Gasteiger charge is -2.32. The zero-order valence-electron chi connectivity index (χ0n) is 22.3. The molecule has 41 heavy (non-hydrogen) atoms. The maximum atomic E-state index is 14.4. The predicted molar refractivity (Wildman–Crippen MR) is 145 cm³/mol. The smallest absolute Gasteiger partial charge is 0.236 e. The summed E-state index contributed by atoms with van der Waals surface area (Å²) in [6.45, 7) is 10.6. The van der Waals surface area contributed by atoms with E-state index in [2.05, 4.69) is 24.3 Å². The molecule has 6 rings (SSSR count). The van der Waals surface area contributed by atoms with Gasteiger partial charge in [-0.2, -0.15) is 0 Å². The van der Waals surface area contributed by atoms with Crippen molar-refractivity contribution in [2.45, 2.75) is 51.0 Å². The second-order valence-electron chi connectivity index (χ2n) is 10.4. The number of carbonyl (C=O) groups is 1. The highest BCUT2D eigenvalue weighted by molar-refractivity contribution is 5.91. The van der Waals surface area contributed by atoms with Crippen LogP contribution in [0.3, 0.4) is 0 Å². The summed E-state index contributed by atoms with van der Waals surface area (Å²) in [6.07, 6.45) is 5.94. The Kier molecular flexibility index (Phi) is 7.59. The van der Waals surface area contributed by atoms with Gasteiger partial charge < -0.3 is 23.9 Å². The van der Waals surface area contributed by atoms with Crippen molar-refractivity contribution in [2.24, 2.45) is 0 Å². The number of aromatic nitrogens is 4. The van der Waals surface area contributed by atoms with Gasteiger partial charge in [-0.25, -0.2) is 19.2 Å². The molecule has 0 amide bonds. The average Bonchev–Trinajstić information content (AvgIpc) is 3.30. The van der Waals surface area contributed by atoms with Crippen molar-refractivity contribution < 1.29 is 23.8 Å². The van der Waals surface area contributed by atoms with E-state index >= 15 is 0 Å². The fourth-order valence-electron chi connectivity index (χ4n) is 5.42. The highest BCUT2D eigenvalue weighted by Gasteiger charge is 2.27. The van der Waals surface area contributed by atoms with Crippen LogP contribution in [0.1, 0.15) is 52.6 Å². The molecular weight excluding hydrogens is 527 g/mol. The SMILES string of the molecule is [C-]#[N+]c1ccc(COc2nccnc2C2CCN(Cc3nc4ccc(C(=O)[O-])cc4n3C[C@@H]3CCO3)CC2)c(F)c1. The third-order valence-corrected chi connectivity index (χ3v) is 7.80. The Morgan fingerprint density at radius 3 is 2.66 bits per heavy atom. The monoisotopic (exact) mass is 555 g/mol. The third-order valence-electron chi connectivity index (χ3n) is 7.80. The lowest BCUT2D eigenvalue weighted by atomic mass is 9.93. The summed E-state index contributed by atoms with van der Waals surface area (Å²) >= 11 is 0. The van der Waals surface area contributed by atoms with Gasteiger partial charge in [0.1, 0.15) is 23.9 Å². The van der Waals surface area contributed by atoms with Crippen molar-refractivity contribution in [2.75, 3.05) is 19.7 Å². The first-order valence-corrected chi connectivity index (χ1v) is 13.6. The zero-order chi connectivity index (χ0) is 28.3. The number of hydrogen-bond donors (Lipinski definition) is 0. The lowest BCUT2D eigenvalue weighted by molar-refractivity contribution is -0.255. The summed E-state index contributed by atoms with van der Waals surface area (Å²) in [7, 11) is 0. The van der Waals surface area contributed by atoms with Gasteiger partial charge in [-0.15, -0.1) is 0 Å². The van der Waals surface area contributed by atoms with Gasteiger partial charge in [0.15, 0.2) is 5.69 Å². The highest BCUT2D eigenvalue weighted by atomic mass is 19.1. The fraction of sp³-hybridized carbons (Fsp3) is 0.367. The first kappa shape index (κ1) is 26.8. The molecule has 2 fully saturated rings. The molecule has 0 saturated carbocycles. The van der Waals surface area contributed by atoms with E-state index < -0.39 is 11.8 Å². The third kappa shape index (κ3) is 5.75. The molecule has 0 bridgehead atoms. The number of carboxylic acids is 1. The highest BCUT2D eigenvalue weighted by Crippen LogP contribution is 2.33. The van der Waals surface area contributed by atoms with Crippen LogP contribution in [-0.2, 0) is 24.4 Å². The van der Waals surface area contributed by atoms with Crippen LogP contribution in [-0.4, -0.2) is 56.2 Å². The number of likely N-dealkylation sites (tertiary alicyclic amines) is 1. The van der Waals surface area contributed by atoms with E-state index in [-0.39, 0.29) is 29.9 Å². The van der Waals surface area contributed by atoms with Gasteiger partial charge >= 0.3 is 0 Å². The molecule has 1 atom stereocenters. The average molecular weight is 556 g/mol. The Balaban J connectivity index is 1.14. The largest absolute Gasteiger partial charge is 0.545 e. The minimum absolute atomic E-state index is 0.00473. The predicted octanol–water partition coefficient (Wildman–Crippen LogP) is 3.63. The van der Waals surface area contributed by atoms with E-state index in [4.69, 9.17) is 21.0 Å². The molecule has 0 spiro atoms. The lowest BCUT2D eigenvalue weighted by Crippen LogP contribution is -2.35. The molecule has 2 aromatic heterocycles. The molecule has 11 heteroatoms. The van der Waals surface area contributed by atoms with Crippen LogP contribution in [0, 0.1) is 12.4 Å². The van der Waals surface area contributed by atoms with Gasteiger partial charge in [-0.05, 0) is 56.1 Å². The number of piperidine rings is 1. The standard InChI is InChI=1S/C30H29FN6O4/c1-32-22-4-2-21(24(31)15-22)18-41-29-28(33-9-10-34-29)19-6-11-36(12-7-19)17-27-35-25-5-3-20(30(38)39)14-26(25)37(27)16-23-8-13-40-23/h2-5,9-10,14-15,19,23H,6-8,11-13,16-18H2,(H,38,39)/p-1/t23-/m0/s1. The Morgan fingerprint density at radius 2 is 1.95 bits per heavy atom. The molecule has 4 heterocycles. The second kappa shape index (κ2) is 11.6. The normalized spacial score (nSPS) is 17.7. The van der Waals surface area contributed by atoms with Crippen LogP contribution in [0.5, 0.6) is 5.88 Å². The molecule has 0 aliphatic carbocycles. The number of fused-ring (bicyclic) bond motifs is 1. The summed E-state index contributed by atoms with van der Waals surface area (Å²) in [4.78, 5) is 30.8. The Labute approximate surface area is 236 Å². The molecule has 0 radical (unpaired) electrons. The van der Waals surface area contributed by atoms with Crippen molar-refractivity contribution in [3.8, 4) is 5.88 Å². The number of halogens is 1. The quantitative estimate of drug-likeness (QED) is 0.288. The van der Waals surface area contributed by atoms with Crippen molar-refractivity contribution in [3.05, 3.63) is 88.7 Å². The van der Waals surface area contributed by atoms with Crippen LogP contribution < -0.4 is 9.84 Å². The zero-order valence-corrected chi connectivity index (χ0v) is 22.3. The summed E-state index contributed by atoms with van der Waals surface area (Å²) in [6, 6.07) is 9.22. The van der Waals surface area contributed by atoms with Crippen LogP contribution in [0.2, 0.25) is 0 Å². The molecule has 210 valence electrons. The maximum Gasteiger partial charge on any atom is 0.236 e. The summed E-state index contributed by atoms with van der Waals surface area (Å²) in [5.41, 5.74) is 3.01. The van der Waals surface area contributed by atoms with E-state index in [0.717, 1.165) is 61.5 Å². The summed E-state index contributed by atoms with van der Waals surface area (Å²) in [5.74, 6) is -0.288. The number of carboxylic acid groups (broad SMARTS) is 1. The molecule has 2 aliphatic rings. The van der Waals surface area contributed by atoms with E-state index in [1.54, 1.807) is 36.7 Å². The number of ether oxygens (including phenoxy) is 2. The van der Waals surface area contributed by atoms with Gasteiger partial charge in [0, 0.05) is 30.5 Å². The van der Waals surface area contributed by atoms with Gasteiger partial charge in [0.2, 0.25) is 5.88 Å². The van der Waals surface area contributed by atoms with Crippen molar-refractivity contribution in [1.82, 2.24) is 24.4 Å². The van der Waals surface area contributed by atoms with Crippen molar-refractivity contribution in [1.29, 1.82) is 0 Å². The van der Waals surface area contributed by atoms with Gasteiger partial charge in [-0.3, -0.25) is 9.88 Å². The number of rotatable bonds is 9. The van der Waals surface area contributed by atoms with Gasteiger partial charge in [0.25, 0.3) is 0 Å². The minimum atomic E-state index is -1.21. The first-order chi connectivity index (χ1) is 20.0. The molecule has 0 N–H and O–H groups in total. The molecule has 2 aromatic carbocycles. The van der Waals surface area contributed by atoms with Crippen molar-refractivity contribution in [3.63, 3.8) is 0 Å². The molecule has 4 aromatic rings. The summed E-state index contributed by atoms with van der Waals surface area (Å²) < 4.78 is 28.0. The molecule has 0 unspecified atom stereocenters. The number of imidazole rings is 1. The summed E-state index contributed by atoms with van der Waals surface area (Å²) in [5, 5.41) is 11.5. The number of benzene rings is 2. The van der Waals surface area contributed by atoms with Crippen LogP contribution in [0.4, 0.5) is 10.1 Å². The van der Waals surface area contributed by atoms with Gasteiger partial charge in [-0.1, -0.05) is 18.2 Å². The Hall–Kier alpha value is -4.40. The molecule has 2 aliphatic heterocycles. The van der Waals surface area contributed by atoms with Crippen LogP contribution >= 0.6 is 0 Å². The van der Waals surface area contributed by atoms with Crippen molar-refractivity contribution >= 4 is 22.7 Å². The van der Waals surface area contributed by atoms with E-state index in [1.807, 2.05) is 0 Å². The second-order valence-corrected chi connectivity index (χ2v) is 10.4. The Bertz CT molecular complexity index is 1620. The van der Waals surface area contributed by atoms with Crippen LogP contribution in [0.25, 0.3) is 15.9 Å². The first-order valence-electron chi connectivity index (χ1n) is 13.6. The van der Waals surface area contributed by atoms with Crippen LogP contribution in [0.15, 0.2) is 48.8 Å². The molecule has 10 nitrogen and oxygen atoms in total. The number of nitrogens with zero attached hydrogens (tertiary/aromatic N) is 6. The van der Waals surface area contributed by atoms with Gasteiger partial charge in [0.05, 0.1) is 42.8 Å². The Morgan fingerprint density at radius 1 is 1.15 bits per heavy atom. The topological polar surface area (TPSA) is 110 Å². The number of aromatic carboxylic acids is 1. The maximum absolute atomic E-state index is 14.4. The molecular formula is C30H28FN6O4-. The van der Waals surface area contributed by atoms with E-state index in [9.17, 15) is 14.3 Å². The van der Waals surface area contributed by atoms with E-state index in [0.29, 0.717) is 24.5 Å². The molecule has 2 saturated heterocycles.